The van der Waals surface area contributed by atoms with Crippen molar-refractivity contribution in [2.75, 3.05) is 5.32 Å². The number of benzene rings is 1. The minimum Gasteiger partial charge on any atom is -0.289 e. The molecule has 0 spiro atoms. The number of carbonyl (C=O) groups is 1. The molecule has 3 rings (SSSR count). The fraction of sp³-hybridized carbons (Fsp3) is 0.200. The maximum atomic E-state index is 13.2. The number of halogens is 1. The average Bonchev–Trinajstić information content (AvgIpc) is 3.07. The van der Waals surface area contributed by atoms with Crippen LogP contribution in [0.2, 0.25) is 0 Å². The molecule has 0 saturated carbocycles. The Morgan fingerprint density at radius 1 is 1.39 bits per heavy atom. The van der Waals surface area contributed by atoms with Gasteiger partial charge in [0.15, 0.2) is 0 Å². The molecule has 2 heterocycles. The number of amides is 1. The predicted molar refractivity (Wildman–Crippen MR) is 81.4 cm³/mol. The summed E-state index contributed by atoms with van der Waals surface area (Å²) >= 11 is 0. The molecule has 0 saturated heterocycles. The van der Waals surface area contributed by atoms with Crippen LogP contribution in [-0.2, 0) is 13.6 Å². The highest BCUT2D eigenvalue weighted by atomic mass is 19.1. The van der Waals surface area contributed by atoms with Crippen LogP contribution in [-0.4, -0.2) is 30.5 Å². The fourth-order valence-electron chi connectivity index (χ4n) is 2.14. The Balaban J connectivity index is 1.70. The Morgan fingerprint density at radius 3 is 2.91 bits per heavy atom. The van der Waals surface area contributed by atoms with Crippen molar-refractivity contribution in [1.82, 2.24) is 24.5 Å². The minimum absolute atomic E-state index is 0.189. The van der Waals surface area contributed by atoms with Crippen molar-refractivity contribution in [3.63, 3.8) is 0 Å². The van der Waals surface area contributed by atoms with Gasteiger partial charge in [-0.25, -0.2) is 14.1 Å². The van der Waals surface area contributed by atoms with E-state index in [0.29, 0.717) is 12.1 Å². The van der Waals surface area contributed by atoms with Crippen LogP contribution < -0.4 is 5.32 Å². The molecule has 118 valence electrons. The lowest BCUT2D eigenvalue weighted by atomic mass is 10.2. The highest BCUT2D eigenvalue weighted by Crippen LogP contribution is 2.09. The molecule has 8 heteroatoms. The van der Waals surface area contributed by atoms with Crippen molar-refractivity contribution in [3.05, 3.63) is 59.4 Å². The normalized spacial score (nSPS) is 10.7. The third-order valence-electron chi connectivity index (χ3n) is 3.48. The first-order chi connectivity index (χ1) is 11.0. The summed E-state index contributed by atoms with van der Waals surface area (Å²) in [6, 6.07) is 6.24. The Labute approximate surface area is 131 Å². The predicted octanol–water partition coefficient (Wildman–Crippen LogP) is 1.76. The molecule has 7 nitrogen and oxygen atoms in total. The Hall–Kier alpha value is -3.03. The van der Waals surface area contributed by atoms with E-state index >= 15 is 0 Å². The highest BCUT2D eigenvalue weighted by molar-refractivity contribution is 6.03. The lowest BCUT2D eigenvalue weighted by Crippen LogP contribution is -2.14. The van der Waals surface area contributed by atoms with Crippen molar-refractivity contribution >= 4 is 11.9 Å². The minimum atomic E-state index is -0.320. The molecular formula is C15H15FN6O. The van der Waals surface area contributed by atoms with E-state index in [1.54, 1.807) is 30.8 Å². The van der Waals surface area contributed by atoms with Crippen LogP contribution in [0.4, 0.5) is 10.3 Å². The van der Waals surface area contributed by atoms with E-state index in [4.69, 9.17) is 0 Å². The molecule has 1 aromatic carbocycles. The Morgan fingerprint density at radius 2 is 2.22 bits per heavy atom. The summed E-state index contributed by atoms with van der Waals surface area (Å²) in [6.45, 7) is 2.17. The van der Waals surface area contributed by atoms with Gasteiger partial charge in [-0.2, -0.15) is 5.10 Å². The van der Waals surface area contributed by atoms with Crippen LogP contribution in [0.15, 0.2) is 36.8 Å². The zero-order chi connectivity index (χ0) is 16.4. The molecule has 23 heavy (non-hydrogen) atoms. The molecule has 0 unspecified atom stereocenters. The molecule has 3 aromatic rings. The van der Waals surface area contributed by atoms with E-state index in [-0.39, 0.29) is 17.7 Å². The zero-order valence-electron chi connectivity index (χ0n) is 12.7. The van der Waals surface area contributed by atoms with Crippen molar-refractivity contribution < 1.29 is 9.18 Å². The van der Waals surface area contributed by atoms with Gasteiger partial charge in [0.25, 0.3) is 5.91 Å². The van der Waals surface area contributed by atoms with Crippen LogP contribution in [0.5, 0.6) is 0 Å². The molecule has 0 aliphatic carbocycles. The lowest BCUT2D eigenvalue weighted by Gasteiger charge is -2.02. The van der Waals surface area contributed by atoms with E-state index in [0.717, 1.165) is 11.3 Å². The van der Waals surface area contributed by atoms with Gasteiger partial charge in [0.1, 0.15) is 12.1 Å². The van der Waals surface area contributed by atoms with Crippen molar-refractivity contribution in [2.24, 2.45) is 7.05 Å². The van der Waals surface area contributed by atoms with E-state index in [2.05, 4.69) is 20.5 Å². The molecule has 1 N–H and O–H groups in total. The number of hydrogen-bond donors (Lipinski definition) is 1. The maximum Gasteiger partial charge on any atom is 0.261 e. The number of nitrogens with zero attached hydrogens (tertiary/aromatic N) is 5. The van der Waals surface area contributed by atoms with Gasteiger partial charge in [-0.3, -0.25) is 14.8 Å². The third kappa shape index (κ3) is 3.25. The molecule has 0 fully saturated rings. The summed E-state index contributed by atoms with van der Waals surface area (Å²) in [5, 5.41) is 10.8. The highest BCUT2D eigenvalue weighted by Gasteiger charge is 2.14. The lowest BCUT2D eigenvalue weighted by molar-refractivity contribution is 0.102. The first-order valence-corrected chi connectivity index (χ1v) is 6.97. The first kappa shape index (κ1) is 14.9. The SMILES string of the molecule is Cc1c(C(=O)Nc2ncn(Cc3cccc(F)c3)n2)cnn1C. The van der Waals surface area contributed by atoms with E-state index < -0.39 is 0 Å². The van der Waals surface area contributed by atoms with Crippen molar-refractivity contribution in [1.29, 1.82) is 0 Å². The van der Waals surface area contributed by atoms with Crippen LogP contribution in [0.25, 0.3) is 0 Å². The Kier molecular flexibility index (Phi) is 3.88. The number of rotatable bonds is 4. The smallest absolute Gasteiger partial charge is 0.261 e. The number of anilines is 1. The van der Waals surface area contributed by atoms with E-state index in [1.165, 1.54) is 29.3 Å². The summed E-state index contributed by atoms with van der Waals surface area (Å²) in [7, 11) is 1.76. The monoisotopic (exact) mass is 314 g/mol. The fourth-order valence-corrected chi connectivity index (χ4v) is 2.14. The van der Waals surface area contributed by atoms with Gasteiger partial charge < -0.3 is 0 Å². The second-order valence-electron chi connectivity index (χ2n) is 5.12. The zero-order valence-corrected chi connectivity index (χ0v) is 12.7. The number of aryl methyl sites for hydroxylation is 1. The van der Waals surface area contributed by atoms with Gasteiger partial charge in [-0.1, -0.05) is 12.1 Å². The molecule has 0 aliphatic rings. The molecule has 1 amide bonds. The van der Waals surface area contributed by atoms with Gasteiger partial charge in [0, 0.05) is 12.7 Å². The Bertz CT molecular complexity index is 853. The topological polar surface area (TPSA) is 77.6 Å². The molecule has 2 aromatic heterocycles. The number of nitrogens with one attached hydrogen (secondary N) is 1. The van der Waals surface area contributed by atoms with Gasteiger partial charge in [-0.05, 0) is 24.6 Å². The second-order valence-corrected chi connectivity index (χ2v) is 5.12. The van der Waals surface area contributed by atoms with Gasteiger partial charge in [-0.15, -0.1) is 5.10 Å². The molecule has 0 bridgehead atoms. The molecule has 0 aliphatic heterocycles. The molecule has 0 radical (unpaired) electrons. The van der Waals surface area contributed by atoms with E-state index in [9.17, 15) is 9.18 Å². The van der Waals surface area contributed by atoms with Gasteiger partial charge >= 0.3 is 0 Å². The molecular weight excluding hydrogens is 299 g/mol. The summed E-state index contributed by atoms with van der Waals surface area (Å²) in [6.07, 6.45) is 2.98. The first-order valence-electron chi connectivity index (χ1n) is 6.97. The van der Waals surface area contributed by atoms with Crippen LogP contribution >= 0.6 is 0 Å². The van der Waals surface area contributed by atoms with Crippen molar-refractivity contribution in [3.8, 4) is 0 Å². The van der Waals surface area contributed by atoms with Crippen LogP contribution in [0, 0.1) is 12.7 Å². The number of carbonyl (C=O) groups excluding carboxylic acids is 1. The largest absolute Gasteiger partial charge is 0.289 e. The summed E-state index contributed by atoms with van der Waals surface area (Å²) in [4.78, 5) is 16.2. The maximum absolute atomic E-state index is 13.2. The van der Waals surface area contributed by atoms with Gasteiger partial charge in [0.2, 0.25) is 5.95 Å². The summed E-state index contributed by atoms with van der Waals surface area (Å²) < 4.78 is 16.3. The van der Waals surface area contributed by atoms with Crippen LogP contribution in [0.3, 0.4) is 0 Å². The number of aromatic nitrogens is 5. The molecule has 0 atom stereocenters. The summed E-state index contributed by atoms with van der Waals surface area (Å²) in [5.74, 6) is -0.433. The van der Waals surface area contributed by atoms with E-state index in [1.807, 2.05) is 0 Å². The second kappa shape index (κ2) is 5.99. The third-order valence-corrected chi connectivity index (χ3v) is 3.48. The standard InChI is InChI=1S/C15H15FN6O/c1-10-13(7-18-21(10)2)14(23)19-15-17-9-22(20-15)8-11-4-3-5-12(16)6-11/h3-7,9H,8H2,1-2H3,(H,19,20,23). The average molecular weight is 314 g/mol. The van der Waals surface area contributed by atoms with Gasteiger partial charge in [0.05, 0.1) is 18.3 Å². The van der Waals surface area contributed by atoms with Crippen molar-refractivity contribution in [2.45, 2.75) is 13.5 Å². The number of hydrogen-bond acceptors (Lipinski definition) is 4. The quantitative estimate of drug-likeness (QED) is 0.796. The summed E-state index contributed by atoms with van der Waals surface area (Å²) in [5.41, 5.74) is 1.98. The van der Waals surface area contributed by atoms with Crippen LogP contribution in [0.1, 0.15) is 21.6 Å².